The van der Waals surface area contributed by atoms with E-state index in [1.807, 2.05) is 48.1 Å². The highest BCUT2D eigenvalue weighted by Gasteiger charge is 2.34. The van der Waals surface area contributed by atoms with Gasteiger partial charge < -0.3 is 5.32 Å². The minimum absolute atomic E-state index is 0.00246. The maximum atomic E-state index is 13.5. The summed E-state index contributed by atoms with van der Waals surface area (Å²) in [6.45, 7) is 3.86. The number of nitrogens with zero attached hydrogens (tertiary/aromatic N) is 4. The molecule has 0 spiro atoms. The van der Waals surface area contributed by atoms with Crippen molar-refractivity contribution in [1.82, 2.24) is 24.9 Å². The zero-order valence-corrected chi connectivity index (χ0v) is 17.0. The van der Waals surface area contributed by atoms with Gasteiger partial charge in [-0.3, -0.25) is 4.68 Å². The van der Waals surface area contributed by atoms with Gasteiger partial charge in [-0.25, -0.2) is 4.68 Å². The lowest BCUT2D eigenvalue weighted by Gasteiger charge is -2.12. The van der Waals surface area contributed by atoms with Crippen molar-refractivity contribution in [3.63, 3.8) is 0 Å². The van der Waals surface area contributed by atoms with Crippen LogP contribution < -0.4 is 5.32 Å². The van der Waals surface area contributed by atoms with Crippen LogP contribution in [0.15, 0.2) is 73.2 Å². The van der Waals surface area contributed by atoms with Crippen molar-refractivity contribution in [3.8, 4) is 16.9 Å². The van der Waals surface area contributed by atoms with Crippen LogP contribution in [-0.4, -0.2) is 19.6 Å². The van der Waals surface area contributed by atoms with Crippen molar-refractivity contribution in [3.05, 3.63) is 89.9 Å². The molecule has 2 aromatic heterocycles. The van der Waals surface area contributed by atoms with Gasteiger partial charge in [-0.1, -0.05) is 42.5 Å². The first-order valence-electron chi connectivity index (χ1n) is 9.98. The summed E-state index contributed by atoms with van der Waals surface area (Å²) in [5.41, 5.74) is 2.63. The van der Waals surface area contributed by atoms with E-state index in [-0.39, 0.29) is 5.69 Å². The van der Waals surface area contributed by atoms with Gasteiger partial charge in [0.05, 0.1) is 23.1 Å². The first-order valence-corrected chi connectivity index (χ1v) is 9.98. The molecule has 2 aromatic carbocycles. The van der Waals surface area contributed by atoms with Crippen LogP contribution in [0.1, 0.15) is 23.6 Å². The van der Waals surface area contributed by atoms with Crippen LogP contribution in [-0.2, 0) is 25.8 Å². The topological polar surface area (TPSA) is 47.7 Å². The number of alkyl halides is 3. The summed E-state index contributed by atoms with van der Waals surface area (Å²) in [7, 11) is 0. The van der Waals surface area contributed by atoms with E-state index in [1.165, 1.54) is 16.8 Å². The van der Waals surface area contributed by atoms with Gasteiger partial charge >= 0.3 is 6.18 Å². The third kappa shape index (κ3) is 4.69. The Morgan fingerprint density at radius 1 is 0.935 bits per heavy atom. The molecule has 0 unspecified atom stereocenters. The Morgan fingerprint density at radius 3 is 2.39 bits per heavy atom. The van der Waals surface area contributed by atoms with E-state index < -0.39 is 11.7 Å². The van der Waals surface area contributed by atoms with Gasteiger partial charge in [0.2, 0.25) is 0 Å². The maximum Gasteiger partial charge on any atom is 0.418 e. The fraction of sp³-hybridized carbons (Fsp3) is 0.217. The zero-order valence-electron chi connectivity index (χ0n) is 17.0. The Balaban J connectivity index is 1.65. The molecular weight excluding hydrogens is 403 g/mol. The summed E-state index contributed by atoms with van der Waals surface area (Å²) in [5, 5.41) is 12.1. The van der Waals surface area contributed by atoms with Gasteiger partial charge in [-0.15, -0.1) is 0 Å². The highest BCUT2D eigenvalue weighted by molar-refractivity contribution is 5.63. The molecule has 0 aliphatic heterocycles. The van der Waals surface area contributed by atoms with Crippen LogP contribution in [0.25, 0.3) is 16.9 Å². The molecule has 1 N–H and O–H groups in total. The van der Waals surface area contributed by atoms with Crippen molar-refractivity contribution < 1.29 is 13.2 Å². The third-order valence-electron chi connectivity index (χ3n) is 4.95. The molecule has 0 aliphatic rings. The lowest BCUT2D eigenvalue weighted by Crippen LogP contribution is -2.12. The smallest absolute Gasteiger partial charge is 0.308 e. The second kappa shape index (κ2) is 8.77. The van der Waals surface area contributed by atoms with Crippen molar-refractivity contribution in [2.75, 3.05) is 0 Å². The van der Waals surface area contributed by atoms with Crippen LogP contribution in [0.4, 0.5) is 13.2 Å². The predicted molar refractivity (Wildman–Crippen MR) is 112 cm³/mol. The average Bonchev–Trinajstić information content (AvgIpc) is 3.41. The number of para-hydroxylation sites is 1. The molecule has 0 radical (unpaired) electrons. The monoisotopic (exact) mass is 425 g/mol. The molecule has 0 atom stereocenters. The summed E-state index contributed by atoms with van der Waals surface area (Å²) in [5.74, 6) is 0. The molecule has 8 heteroatoms. The minimum atomic E-state index is -4.46. The molecule has 0 fully saturated rings. The van der Waals surface area contributed by atoms with E-state index in [9.17, 15) is 13.2 Å². The highest BCUT2D eigenvalue weighted by Crippen LogP contribution is 2.34. The fourth-order valence-corrected chi connectivity index (χ4v) is 3.43. The number of aryl methyl sites for hydroxylation is 1. The lowest BCUT2D eigenvalue weighted by molar-refractivity contribution is -0.137. The summed E-state index contributed by atoms with van der Waals surface area (Å²) >= 11 is 0. The zero-order chi connectivity index (χ0) is 21.8. The Hall–Kier alpha value is -3.39. The average molecular weight is 425 g/mol. The van der Waals surface area contributed by atoms with Crippen LogP contribution in [0, 0.1) is 0 Å². The summed E-state index contributed by atoms with van der Waals surface area (Å²) < 4.78 is 43.7. The van der Waals surface area contributed by atoms with Gasteiger partial charge in [0.1, 0.15) is 0 Å². The number of hydrogen-bond acceptors (Lipinski definition) is 3. The fourth-order valence-electron chi connectivity index (χ4n) is 3.43. The van der Waals surface area contributed by atoms with Crippen LogP contribution in [0.2, 0.25) is 0 Å². The predicted octanol–water partition coefficient (Wildman–Crippen LogP) is 5.06. The molecule has 0 saturated heterocycles. The molecule has 31 heavy (non-hydrogen) atoms. The number of aromatic nitrogens is 4. The van der Waals surface area contributed by atoms with Gasteiger partial charge in [0.15, 0.2) is 0 Å². The van der Waals surface area contributed by atoms with E-state index in [0.717, 1.165) is 29.3 Å². The number of benzene rings is 2. The van der Waals surface area contributed by atoms with Gasteiger partial charge in [0, 0.05) is 48.7 Å². The Bertz CT molecular complexity index is 1150. The van der Waals surface area contributed by atoms with E-state index in [0.29, 0.717) is 18.8 Å². The molecular formula is C23H22F3N5. The largest absolute Gasteiger partial charge is 0.418 e. The third-order valence-corrected chi connectivity index (χ3v) is 4.95. The van der Waals surface area contributed by atoms with E-state index >= 15 is 0 Å². The molecule has 0 aliphatic carbocycles. The summed E-state index contributed by atoms with van der Waals surface area (Å²) in [4.78, 5) is 0. The SMILES string of the molecule is CCn1cc(CNCc2cn(-c3ccccc3C(F)(F)F)nc2-c2ccccc2)cn1. The second-order valence-corrected chi connectivity index (χ2v) is 7.14. The van der Waals surface area contributed by atoms with E-state index in [1.54, 1.807) is 18.5 Å². The van der Waals surface area contributed by atoms with E-state index in [4.69, 9.17) is 0 Å². The molecule has 2 heterocycles. The minimum Gasteiger partial charge on any atom is -0.308 e. The quantitative estimate of drug-likeness (QED) is 0.450. The first kappa shape index (κ1) is 20.9. The van der Waals surface area contributed by atoms with Crippen molar-refractivity contribution >= 4 is 0 Å². The number of halogens is 3. The van der Waals surface area contributed by atoms with Gasteiger partial charge in [0.25, 0.3) is 0 Å². The van der Waals surface area contributed by atoms with Crippen LogP contribution >= 0.6 is 0 Å². The first-order chi connectivity index (χ1) is 15.0. The van der Waals surface area contributed by atoms with Crippen molar-refractivity contribution in [2.45, 2.75) is 32.7 Å². The van der Waals surface area contributed by atoms with Crippen LogP contribution in [0.5, 0.6) is 0 Å². The molecule has 4 aromatic rings. The number of hydrogen-bond donors (Lipinski definition) is 1. The highest BCUT2D eigenvalue weighted by atomic mass is 19.4. The molecule has 0 amide bonds. The van der Waals surface area contributed by atoms with Crippen LogP contribution in [0.3, 0.4) is 0 Å². The Morgan fingerprint density at radius 2 is 1.68 bits per heavy atom. The van der Waals surface area contributed by atoms with Crippen molar-refractivity contribution in [2.24, 2.45) is 0 Å². The second-order valence-electron chi connectivity index (χ2n) is 7.14. The number of nitrogens with one attached hydrogen (secondary N) is 1. The normalized spacial score (nSPS) is 11.7. The lowest BCUT2D eigenvalue weighted by atomic mass is 10.1. The molecule has 0 saturated carbocycles. The maximum absolute atomic E-state index is 13.5. The van der Waals surface area contributed by atoms with Gasteiger partial charge in [-0.2, -0.15) is 23.4 Å². The summed E-state index contributed by atoms with van der Waals surface area (Å²) in [6, 6.07) is 14.9. The number of rotatable bonds is 7. The standard InChI is InChI=1S/C23H22F3N5/c1-2-30-15-17(13-28-30)12-27-14-19-16-31(29-22(19)18-8-4-3-5-9-18)21-11-7-6-10-20(21)23(24,25)26/h3-11,13,15-16,27H,2,12,14H2,1H3. The summed E-state index contributed by atoms with van der Waals surface area (Å²) in [6.07, 6.45) is 0.967. The van der Waals surface area contributed by atoms with E-state index in [2.05, 4.69) is 15.5 Å². The molecule has 5 nitrogen and oxygen atoms in total. The molecule has 160 valence electrons. The Labute approximate surface area is 178 Å². The van der Waals surface area contributed by atoms with Crippen molar-refractivity contribution in [1.29, 1.82) is 0 Å². The molecule has 4 rings (SSSR count). The Kier molecular flexibility index (Phi) is 5.90. The van der Waals surface area contributed by atoms with Gasteiger partial charge in [-0.05, 0) is 19.1 Å². The molecule has 0 bridgehead atoms.